The van der Waals surface area contributed by atoms with E-state index in [9.17, 15) is 0 Å². The van der Waals surface area contributed by atoms with E-state index in [-0.39, 0.29) is 0 Å². The Morgan fingerprint density at radius 1 is 1.12 bits per heavy atom. The Hall–Kier alpha value is -2.20. The summed E-state index contributed by atoms with van der Waals surface area (Å²) in [5.41, 5.74) is 9.78. The van der Waals surface area contributed by atoms with Gasteiger partial charge in [0.05, 0.1) is 5.52 Å². The normalized spacial score (nSPS) is 10.9. The number of hydrogen-bond acceptors (Lipinski definition) is 3. The van der Waals surface area contributed by atoms with Gasteiger partial charge in [0, 0.05) is 29.9 Å². The summed E-state index contributed by atoms with van der Waals surface area (Å²) in [5, 5.41) is 8.47. The lowest BCUT2D eigenvalue weighted by Gasteiger charge is -1.99. The molecule has 84 valence electrons. The number of hydrogen-bond donors (Lipinski definition) is 2. The molecule has 0 atom stereocenters. The van der Waals surface area contributed by atoms with Crippen molar-refractivity contribution in [3.05, 3.63) is 48.3 Å². The summed E-state index contributed by atoms with van der Waals surface area (Å²) in [6.07, 6.45) is 3.53. The third-order valence-corrected chi connectivity index (χ3v) is 2.82. The Morgan fingerprint density at radius 3 is 2.71 bits per heavy atom. The highest BCUT2D eigenvalue weighted by Gasteiger charge is 2.07. The number of rotatable bonds is 2. The lowest BCUT2D eigenvalue weighted by Crippen LogP contribution is -1.95. The zero-order valence-electron chi connectivity index (χ0n) is 9.22. The molecule has 2 heterocycles. The van der Waals surface area contributed by atoms with E-state index in [1.54, 1.807) is 12.4 Å². The summed E-state index contributed by atoms with van der Waals surface area (Å²) in [5.74, 6) is 0. The van der Waals surface area contributed by atoms with E-state index in [0.717, 1.165) is 27.7 Å². The van der Waals surface area contributed by atoms with Crippen LogP contribution in [0, 0.1) is 0 Å². The molecule has 4 heteroatoms. The Labute approximate surface area is 98.5 Å². The highest BCUT2D eigenvalue weighted by Crippen LogP contribution is 2.26. The van der Waals surface area contributed by atoms with Crippen LogP contribution >= 0.6 is 0 Å². The first-order valence-corrected chi connectivity index (χ1v) is 5.46. The number of pyridine rings is 1. The summed E-state index contributed by atoms with van der Waals surface area (Å²) < 4.78 is 0. The van der Waals surface area contributed by atoms with Gasteiger partial charge in [-0.3, -0.25) is 10.1 Å². The van der Waals surface area contributed by atoms with Crippen molar-refractivity contribution in [2.24, 2.45) is 5.73 Å². The van der Waals surface area contributed by atoms with Crippen LogP contribution < -0.4 is 5.73 Å². The SMILES string of the molecule is NCc1ccc2[nH]nc(-c3ccncc3)c2c1. The standard InChI is InChI=1S/C13H12N4/c14-8-9-1-2-12-11(7-9)13(17-16-12)10-3-5-15-6-4-10/h1-7H,8,14H2,(H,16,17). The Kier molecular flexibility index (Phi) is 2.34. The van der Waals surface area contributed by atoms with Crippen molar-refractivity contribution < 1.29 is 0 Å². The largest absolute Gasteiger partial charge is 0.326 e. The average molecular weight is 224 g/mol. The van der Waals surface area contributed by atoms with Crippen LogP contribution in [-0.4, -0.2) is 15.2 Å². The molecule has 0 aliphatic heterocycles. The minimum absolute atomic E-state index is 0.539. The molecule has 0 unspecified atom stereocenters. The van der Waals surface area contributed by atoms with E-state index >= 15 is 0 Å². The molecule has 0 bridgehead atoms. The number of fused-ring (bicyclic) bond motifs is 1. The molecule has 3 N–H and O–H groups in total. The summed E-state index contributed by atoms with van der Waals surface area (Å²) in [6.45, 7) is 0.539. The van der Waals surface area contributed by atoms with E-state index in [4.69, 9.17) is 5.73 Å². The number of aromatic nitrogens is 3. The Balaban J connectivity index is 2.23. The maximum absolute atomic E-state index is 5.66. The summed E-state index contributed by atoms with van der Waals surface area (Å²) in [4.78, 5) is 4.01. The average Bonchev–Trinajstić information content (AvgIpc) is 2.82. The fourth-order valence-corrected chi connectivity index (χ4v) is 1.92. The van der Waals surface area contributed by atoms with Gasteiger partial charge < -0.3 is 5.73 Å². The third kappa shape index (κ3) is 1.68. The van der Waals surface area contributed by atoms with Gasteiger partial charge in [-0.1, -0.05) is 6.07 Å². The first kappa shape index (κ1) is 9.99. The van der Waals surface area contributed by atoms with Crippen LogP contribution in [0.1, 0.15) is 5.56 Å². The highest BCUT2D eigenvalue weighted by atomic mass is 15.1. The highest BCUT2D eigenvalue weighted by molar-refractivity contribution is 5.93. The second-order valence-corrected chi connectivity index (χ2v) is 3.89. The Morgan fingerprint density at radius 2 is 1.94 bits per heavy atom. The topological polar surface area (TPSA) is 67.6 Å². The Bertz CT molecular complexity index is 643. The number of benzene rings is 1. The van der Waals surface area contributed by atoms with Crippen LogP contribution in [0.15, 0.2) is 42.7 Å². The van der Waals surface area contributed by atoms with Crippen molar-refractivity contribution >= 4 is 10.9 Å². The van der Waals surface area contributed by atoms with Crippen molar-refractivity contribution in [2.75, 3.05) is 0 Å². The van der Waals surface area contributed by atoms with E-state index in [1.165, 1.54) is 0 Å². The van der Waals surface area contributed by atoms with Crippen molar-refractivity contribution in [3.8, 4) is 11.3 Å². The molecule has 0 aliphatic carbocycles. The molecule has 1 aromatic carbocycles. The van der Waals surface area contributed by atoms with E-state index in [0.29, 0.717) is 6.54 Å². The van der Waals surface area contributed by atoms with Crippen LogP contribution in [-0.2, 0) is 6.54 Å². The maximum Gasteiger partial charge on any atom is 0.100 e. The molecule has 0 saturated heterocycles. The molecule has 4 nitrogen and oxygen atoms in total. The van der Waals surface area contributed by atoms with Crippen LogP contribution in [0.3, 0.4) is 0 Å². The molecule has 0 spiro atoms. The predicted molar refractivity (Wildman–Crippen MR) is 67.2 cm³/mol. The number of H-pyrrole nitrogens is 1. The predicted octanol–water partition coefficient (Wildman–Crippen LogP) is 2.08. The van der Waals surface area contributed by atoms with Gasteiger partial charge in [0.15, 0.2) is 0 Å². The fraction of sp³-hybridized carbons (Fsp3) is 0.0769. The maximum atomic E-state index is 5.66. The smallest absolute Gasteiger partial charge is 0.100 e. The van der Waals surface area contributed by atoms with Gasteiger partial charge in [-0.05, 0) is 29.8 Å². The number of aromatic amines is 1. The van der Waals surface area contributed by atoms with Gasteiger partial charge in [0.1, 0.15) is 5.69 Å². The van der Waals surface area contributed by atoms with Crippen LogP contribution in [0.4, 0.5) is 0 Å². The van der Waals surface area contributed by atoms with Crippen molar-refractivity contribution in [1.82, 2.24) is 15.2 Å². The van der Waals surface area contributed by atoms with Gasteiger partial charge in [-0.15, -0.1) is 0 Å². The molecule has 3 aromatic rings. The summed E-state index contributed by atoms with van der Waals surface area (Å²) in [6, 6.07) is 10.00. The monoisotopic (exact) mass is 224 g/mol. The lowest BCUT2D eigenvalue weighted by atomic mass is 10.1. The van der Waals surface area contributed by atoms with Crippen molar-refractivity contribution in [2.45, 2.75) is 6.54 Å². The molecule has 3 rings (SSSR count). The van der Waals surface area contributed by atoms with E-state index in [2.05, 4.69) is 21.2 Å². The van der Waals surface area contributed by atoms with Gasteiger partial charge >= 0.3 is 0 Å². The molecule has 0 aliphatic rings. The lowest BCUT2D eigenvalue weighted by molar-refractivity contribution is 1.07. The minimum atomic E-state index is 0.539. The van der Waals surface area contributed by atoms with Gasteiger partial charge in [0.25, 0.3) is 0 Å². The minimum Gasteiger partial charge on any atom is -0.326 e. The molecule has 17 heavy (non-hydrogen) atoms. The second kappa shape index (κ2) is 3.99. The molecule has 0 amide bonds. The van der Waals surface area contributed by atoms with Gasteiger partial charge in [0.2, 0.25) is 0 Å². The quantitative estimate of drug-likeness (QED) is 0.700. The summed E-state index contributed by atoms with van der Waals surface area (Å²) in [7, 11) is 0. The molecular weight excluding hydrogens is 212 g/mol. The number of nitrogens with two attached hydrogens (primary N) is 1. The molecule has 0 fully saturated rings. The second-order valence-electron chi connectivity index (χ2n) is 3.89. The molecule has 0 saturated carbocycles. The fourth-order valence-electron chi connectivity index (χ4n) is 1.92. The van der Waals surface area contributed by atoms with E-state index in [1.807, 2.05) is 24.3 Å². The number of nitrogens with zero attached hydrogens (tertiary/aromatic N) is 2. The van der Waals surface area contributed by atoms with Gasteiger partial charge in [-0.2, -0.15) is 5.10 Å². The zero-order valence-corrected chi connectivity index (χ0v) is 9.22. The van der Waals surface area contributed by atoms with Crippen molar-refractivity contribution in [3.63, 3.8) is 0 Å². The van der Waals surface area contributed by atoms with Crippen LogP contribution in [0.25, 0.3) is 22.2 Å². The number of nitrogens with one attached hydrogen (secondary N) is 1. The van der Waals surface area contributed by atoms with Crippen LogP contribution in [0.2, 0.25) is 0 Å². The zero-order chi connectivity index (χ0) is 11.7. The molecule has 0 radical (unpaired) electrons. The van der Waals surface area contributed by atoms with E-state index < -0.39 is 0 Å². The molecule has 2 aromatic heterocycles. The molecular formula is C13H12N4. The van der Waals surface area contributed by atoms with Crippen LogP contribution in [0.5, 0.6) is 0 Å². The van der Waals surface area contributed by atoms with Crippen molar-refractivity contribution in [1.29, 1.82) is 0 Å². The first-order chi connectivity index (χ1) is 8.38. The first-order valence-electron chi connectivity index (χ1n) is 5.46. The third-order valence-electron chi connectivity index (χ3n) is 2.82. The van der Waals surface area contributed by atoms with Gasteiger partial charge in [-0.25, -0.2) is 0 Å². The summed E-state index contributed by atoms with van der Waals surface area (Å²) >= 11 is 0.